The Kier molecular flexibility index (Phi) is 4.93. The lowest BCUT2D eigenvalue weighted by molar-refractivity contribution is -0.385. The van der Waals surface area contributed by atoms with Gasteiger partial charge < -0.3 is 14.8 Å². The van der Waals surface area contributed by atoms with Crippen LogP contribution in [-0.4, -0.2) is 31.1 Å². The van der Waals surface area contributed by atoms with Gasteiger partial charge in [0.2, 0.25) is 0 Å². The number of carbonyl (C=O) groups is 1. The van der Waals surface area contributed by atoms with Crippen LogP contribution < -0.4 is 14.8 Å². The molecule has 0 heterocycles. The SMILES string of the molecule is CCOc1cc(C(=O)NCC23CC4CC(CC(C4)C2)C3)c([N+](=O)[O-])cc1OC. The Morgan fingerprint density at radius 2 is 1.79 bits per heavy atom. The normalized spacial score (nSPS) is 30.1. The summed E-state index contributed by atoms with van der Waals surface area (Å²) in [5, 5.41) is 14.5. The highest BCUT2D eigenvalue weighted by Gasteiger charge is 2.50. The molecule has 0 saturated heterocycles. The topological polar surface area (TPSA) is 90.7 Å². The molecule has 1 aromatic carbocycles. The van der Waals surface area contributed by atoms with Crippen LogP contribution in [0.2, 0.25) is 0 Å². The highest BCUT2D eigenvalue weighted by molar-refractivity contribution is 5.99. The largest absolute Gasteiger partial charge is 0.493 e. The van der Waals surface area contributed by atoms with Crippen molar-refractivity contribution < 1.29 is 19.2 Å². The van der Waals surface area contributed by atoms with Gasteiger partial charge in [-0.05, 0) is 68.6 Å². The number of nitro groups is 1. The van der Waals surface area contributed by atoms with E-state index in [1.54, 1.807) is 0 Å². The molecule has 4 aliphatic rings. The lowest BCUT2D eigenvalue weighted by atomic mass is 9.49. The van der Waals surface area contributed by atoms with Crippen molar-refractivity contribution in [1.29, 1.82) is 0 Å². The number of nitro benzene ring substituents is 1. The first-order chi connectivity index (χ1) is 13.4. The first-order valence-corrected chi connectivity index (χ1v) is 10.2. The van der Waals surface area contributed by atoms with Crippen LogP contribution in [0.5, 0.6) is 11.5 Å². The molecule has 1 amide bonds. The van der Waals surface area contributed by atoms with E-state index in [0.717, 1.165) is 17.8 Å². The van der Waals surface area contributed by atoms with Gasteiger partial charge in [0.1, 0.15) is 5.56 Å². The first-order valence-electron chi connectivity index (χ1n) is 10.2. The molecule has 0 aromatic heterocycles. The van der Waals surface area contributed by atoms with E-state index < -0.39 is 10.8 Å². The molecule has 0 spiro atoms. The Balaban J connectivity index is 1.54. The van der Waals surface area contributed by atoms with Crippen LogP contribution in [0.15, 0.2) is 12.1 Å². The Bertz CT molecular complexity index is 756. The van der Waals surface area contributed by atoms with Gasteiger partial charge in [0.15, 0.2) is 11.5 Å². The van der Waals surface area contributed by atoms with Crippen molar-refractivity contribution in [3.8, 4) is 11.5 Å². The molecule has 0 atom stereocenters. The van der Waals surface area contributed by atoms with Gasteiger partial charge in [-0.1, -0.05) is 0 Å². The van der Waals surface area contributed by atoms with Gasteiger partial charge in [0, 0.05) is 12.6 Å². The number of amides is 1. The zero-order chi connectivity index (χ0) is 19.9. The zero-order valence-electron chi connectivity index (χ0n) is 16.5. The van der Waals surface area contributed by atoms with Crippen molar-refractivity contribution in [2.75, 3.05) is 20.3 Å². The summed E-state index contributed by atoms with van der Waals surface area (Å²) in [4.78, 5) is 23.9. The fraction of sp³-hybridized carbons (Fsp3) is 0.667. The van der Waals surface area contributed by atoms with Crippen LogP contribution in [-0.2, 0) is 0 Å². The molecule has 4 aliphatic carbocycles. The van der Waals surface area contributed by atoms with Crippen LogP contribution in [0.3, 0.4) is 0 Å². The number of hydrogen-bond acceptors (Lipinski definition) is 5. The minimum absolute atomic E-state index is 0.0268. The Hall–Kier alpha value is -2.31. The van der Waals surface area contributed by atoms with Crippen LogP contribution in [0.25, 0.3) is 0 Å². The molecular weight excluding hydrogens is 360 g/mol. The number of carbonyl (C=O) groups excluding carboxylic acids is 1. The second kappa shape index (κ2) is 7.26. The van der Waals surface area contributed by atoms with Crippen LogP contribution in [0.1, 0.15) is 55.8 Å². The molecule has 4 bridgehead atoms. The summed E-state index contributed by atoms with van der Waals surface area (Å²) in [6.07, 6.45) is 7.55. The third-order valence-corrected chi connectivity index (χ3v) is 6.81. The number of hydrogen-bond donors (Lipinski definition) is 1. The van der Waals surface area contributed by atoms with E-state index in [0.29, 0.717) is 18.9 Å². The molecule has 0 radical (unpaired) electrons. The summed E-state index contributed by atoms with van der Waals surface area (Å²) >= 11 is 0. The summed E-state index contributed by atoms with van der Waals surface area (Å²) in [5.41, 5.74) is -0.0590. The maximum Gasteiger partial charge on any atom is 0.286 e. The van der Waals surface area contributed by atoms with Gasteiger partial charge in [0.05, 0.1) is 24.7 Å². The Morgan fingerprint density at radius 1 is 1.18 bits per heavy atom. The van der Waals surface area contributed by atoms with Crippen LogP contribution in [0.4, 0.5) is 5.69 Å². The van der Waals surface area contributed by atoms with Gasteiger partial charge >= 0.3 is 0 Å². The van der Waals surface area contributed by atoms with E-state index in [4.69, 9.17) is 9.47 Å². The van der Waals surface area contributed by atoms with Crippen molar-refractivity contribution >= 4 is 11.6 Å². The van der Waals surface area contributed by atoms with Gasteiger partial charge in [0.25, 0.3) is 11.6 Å². The zero-order valence-corrected chi connectivity index (χ0v) is 16.5. The number of benzene rings is 1. The van der Waals surface area contributed by atoms with E-state index in [1.165, 1.54) is 57.8 Å². The average molecular weight is 388 g/mol. The van der Waals surface area contributed by atoms with Crippen molar-refractivity contribution in [2.45, 2.75) is 45.4 Å². The molecule has 1 N–H and O–H groups in total. The molecule has 0 unspecified atom stereocenters. The second-order valence-electron chi connectivity index (χ2n) is 8.81. The van der Waals surface area contributed by atoms with E-state index in [2.05, 4.69) is 5.32 Å². The van der Waals surface area contributed by atoms with Crippen molar-refractivity contribution in [2.24, 2.45) is 23.2 Å². The van der Waals surface area contributed by atoms with E-state index >= 15 is 0 Å². The third-order valence-electron chi connectivity index (χ3n) is 6.81. The Morgan fingerprint density at radius 3 is 2.29 bits per heavy atom. The highest BCUT2D eigenvalue weighted by atomic mass is 16.6. The Labute approximate surface area is 164 Å². The molecule has 28 heavy (non-hydrogen) atoms. The minimum Gasteiger partial charge on any atom is -0.493 e. The van der Waals surface area contributed by atoms with E-state index in [-0.39, 0.29) is 22.4 Å². The maximum atomic E-state index is 12.9. The first kappa shape index (κ1) is 19.0. The number of nitrogens with one attached hydrogen (secondary N) is 1. The quantitative estimate of drug-likeness (QED) is 0.564. The van der Waals surface area contributed by atoms with E-state index in [9.17, 15) is 14.9 Å². The summed E-state index contributed by atoms with van der Waals surface area (Å²) in [7, 11) is 1.42. The highest BCUT2D eigenvalue weighted by Crippen LogP contribution is 2.59. The number of nitrogens with zero attached hydrogens (tertiary/aromatic N) is 1. The van der Waals surface area contributed by atoms with Gasteiger partial charge in [-0.3, -0.25) is 14.9 Å². The molecule has 0 aliphatic heterocycles. The molecular formula is C21H28N2O5. The summed E-state index contributed by atoms with van der Waals surface area (Å²) in [5.74, 6) is 2.57. The smallest absolute Gasteiger partial charge is 0.286 e. The summed E-state index contributed by atoms with van der Waals surface area (Å²) in [6.45, 7) is 2.79. The molecule has 7 heteroatoms. The predicted octanol–water partition coefficient (Wildman–Crippen LogP) is 3.95. The van der Waals surface area contributed by atoms with Crippen molar-refractivity contribution in [1.82, 2.24) is 5.32 Å². The molecule has 5 rings (SSSR count). The van der Waals surface area contributed by atoms with Gasteiger partial charge in [-0.15, -0.1) is 0 Å². The number of ether oxygens (including phenoxy) is 2. The fourth-order valence-corrected chi connectivity index (χ4v) is 6.18. The molecule has 4 saturated carbocycles. The van der Waals surface area contributed by atoms with Crippen molar-refractivity contribution in [3.63, 3.8) is 0 Å². The summed E-state index contributed by atoms with van der Waals surface area (Å²) < 4.78 is 10.7. The van der Waals surface area contributed by atoms with Crippen molar-refractivity contribution in [3.05, 3.63) is 27.8 Å². The lowest BCUT2D eigenvalue weighted by Gasteiger charge is -2.56. The fourth-order valence-electron chi connectivity index (χ4n) is 6.18. The molecule has 7 nitrogen and oxygen atoms in total. The van der Waals surface area contributed by atoms with Crippen LogP contribution >= 0.6 is 0 Å². The summed E-state index contributed by atoms with van der Waals surface area (Å²) in [6, 6.07) is 2.69. The predicted molar refractivity (Wildman–Crippen MR) is 104 cm³/mol. The maximum absolute atomic E-state index is 12.9. The standard InChI is InChI=1S/C21H28N2O5/c1-3-28-19-7-16(17(23(25)26)8-18(19)27-2)20(24)22-12-21-9-13-4-14(10-21)6-15(5-13)11-21/h7-8,13-15H,3-6,9-12H2,1-2H3,(H,22,24). The lowest BCUT2D eigenvalue weighted by Crippen LogP contribution is -2.51. The monoisotopic (exact) mass is 388 g/mol. The number of rotatable bonds is 7. The minimum atomic E-state index is -0.544. The third kappa shape index (κ3) is 3.42. The molecule has 152 valence electrons. The molecule has 4 fully saturated rings. The van der Waals surface area contributed by atoms with E-state index in [1.807, 2.05) is 6.92 Å². The van der Waals surface area contributed by atoms with Crippen LogP contribution in [0, 0.1) is 33.3 Å². The molecule has 1 aromatic rings. The van der Waals surface area contributed by atoms with Gasteiger partial charge in [-0.25, -0.2) is 0 Å². The average Bonchev–Trinajstić information content (AvgIpc) is 2.65. The number of methoxy groups -OCH3 is 1. The van der Waals surface area contributed by atoms with Gasteiger partial charge in [-0.2, -0.15) is 0 Å². The second-order valence-corrected chi connectivity index (χ2v) is 8.81.